The fourth-order valence-corrected chi connectivity index (χ4v) is 2.68. The number of benzene rings is 1. The van der Waals surface area contributed by atoms with Gasteiger partial charge in [-0.2, -0.15) is 0 Å². The van der Waals surface area contributed by atoms with Crippen molar-refractivity contribution in [2.24, 2.45) is 0 Å². The Labute approximate surface area is 114 Å². The minimum Gasteiger partial charge on any atom is -0.274 e. The van der Waals surface area contributed by atoms with Crippen molar-refractivity contribution in [3.8, 4) is 12.3 Å². The summed E-state index contributed by atoms with van der Waals surface area (Å²) < 4.78 is 1.12. The van der Waals surface area contributed by atoms with Gasteiger partial charge in [0.05, 0.1) is 16.8 Å². The second-order valence-corrected chi connectivity index (χ2v) is 4.81. The first-order chi connectivity index (χ1) is 9.38. The molecule has 0 aliphatic rings. The van der Waals surface area contributed by atoms with Crippen LogP contribution in [0.3, 0.4) is 0 Å². The molecule has 0 saturated carbocycles. The maximum Gasteiger partial charge on any atom is 0.232 e. The van der Waals surface area contributed by atoms with E-state index in [2.05, 4.69) is 20.9 Å². The third-order valence-electron chi connectivity index (χ3n) is 2.56. The van der Waals surface area contributed by atoms with E-state index < -0.39 is 0 Å². The highest BCUT2D eigenvalue weighted by molar-refractivity contribution is 7.22. The molecular formula is C14H10N4S. The van der Waals surface area contributed by atoms with Gasteiger partial charge in [-0.25, -0.2) is 15.0 Å². The molecule has 0 aliphatic carbocycles. The Morgan fingerprint density at radius 3 is 2.68 bits per heavy atom. The maximum absolute atomic E-state index is 5.43. The van der Waals surface area contributed by atoms with Crippen molar-refractivity contribution in [2.75, 3.05) is 11.4 Å². The molecule has 2 heterocycles. The van der Waals surface area contributed by atoms with Crippen molar-refractivity contribution >= 4 is 32.6 Å². The first-order valence-electron chi connectivity index (χ1n) is 5.72. The van der Waals surface area contributed by atoms with Crippen LogP contribution in [0, 0.1) is 12.3 Å². The zero-order valence-corrected chi connectivity index (χ0v) is 10.8. The van der Waals surface area contributed by atoms with Gasteiger partial charge in [0.1, 0.15) is 0 Å². The summed E-state index contributed by atoms with van der Waals surface area (Å²) >= 11 is 1.58. The zero-order valence-electron chi connectivity index (χ0n) is 10.0. The average Bonchev–Trinajstić information content (AvgIpc) is 2.89. The number of hydrogen-bond donors (Lipinski definition) is 0. The fourth-order valence-electron chi connectivity index (χ4n) is 1.72. The summed E-state index contributed by atoms with van der Waals surface area (Å²) in [7, 11) is 0. The Hall–Kier alpha value is -2.45. The van der Waals surface area contributed by atoms with Crippen molar-refractivity contribution in [1.82, 2.24) is 15.0 Å². The maximum atomic E-state index is 5.43. The van der Waals surface area contributed by atoms with E-state index in [0.29, 0.717) is 12.5 Å². The highest BCUT2D eigenvalue weighted by Gasteiger charge is 2.15. The van der Waals surface area contributed by atoms with Crippen LogP contribution in [0.4, 0.5) is 11.1 Å². The lowest BCUT2D eigenvalue weighted by Crippen LogP contribution is -2.19. The van der Waals surface area contributed by atoms with Crippen LogP contribution >= 0.6 is 11.3 Å². The van der Waals surface area contributed by atoms with Gasteiger partial charge in [0.2, 0.25) is 5.95 Å². The van der Waals surface area contributed by atoms with E-state index in [1.54, 1.807) is 29.8 Å². The summed E-state index contributed by atoms with van der Waals surface area (Å²) in [6.07, 6.45) is 8.82. The van der Waals surface area contributed by atoms with E-state index in [4.69, 9.17) is 6.42 Å². The second-order valence-electron chi connectivity index (χ2n) is 3.80. The molecule has 3 rings (SSSR count). The molecule has 0 radical (unpaired) electrons. The highest BCUT2D eigenvalue weighted by atomic mass is 32.1. The van der Waals surface area contributed by atoms with Gasteiger partial charge in [0, 0.05) is 12.4 Å². The van der Waals surface area contributed by atoms with Crippen LogP contribution in [0.25, 0.3) is 10.2 Å². The van der Waals surface area contributed by atoms with Crippen LogP contribution in [-0.4, -0.2) is 21.5 Å². The van der Waals surface area contributed by atoms with Gasteiger partial charge in [-0.15, -0.1) is 6.42 Å². The molecule has 0 bridgehead atoms. The van der Waals surface area contributed by atoms with E-state index in [9.17, 15) is 0 Å². The average molecular weight is 266 g/mol. The number of anilines is 2. The molecule has 0 spiro atoms. The Bertz CT molecular complexity index is 697. The monoisotopic (exact) mass is 266 g/mol. The lowest BCUT2D eigenvalue weighted by molar-refractivity contribution is 0.994. The molecule has 0 saturated heterocycles. The van der Waals surface area contributed by atoms with E-state index in [-0.39, 0.29) is 0 Å². The normalized spacial score (nSPS) is 10.3. The number of rotatable bonds is 3. The molecule has 3 aromatic rings. The molecule has 0 fully saturated rings. The van der Waals surface area contributed by atoms with Crippen LogP contribution in [0.2, 0.25) is 0 Å². The van der Waals surface area contributed by atoms with E-state index >= 15 is 0 Å². The molecule has 0 atom stereocenters. The predicted molar refractivity (Wildman–Crippen MR) is 77.5 cm³/mol. The predicted octanol–water partition coefficient (Wildman–Crippen LogP) is 2.86. The fraction of sp³-hybridized carbons (Fsp3) is 0.0714. The van der Waals surface area contributed by atoms with E-state index in [1.165, 1.54) is 0 Å². The zero-order chi connectivity index (χ0) is 13.1. The number of nitrogens with zero attached hydrogens (tertiary/aromatic N) is 4. The molecule has 1 aromatic carbocycles. The molecule has 92 valence electrons. The SMILES string of the molecule is C#CCN(c1ncccn1)c1nc2ccccc2s1. The molecule has 0 N–H and O–H groups in total. The van der Waals surface area contributed by atoms with Crippen molar-refractivity contribution in [2.45, 2.75) is 0 Å². The van der Waals surface area contributed by atoms with Gasteiger partial charge in [-0.1, -0.05) is 29.4 Å². The molecular weight excluding hydrogens is 256 g/mol. The summed E-state index contributed by atoms with van der Waals surface area (Å²) in [4.78, 5) is 14.9. The van der Waals surface area contributed by atoms with Gasteiger partial charge in [0.15, 0.2) is 5.13 Å². The van der Waals surface area contributed by atoms with Gasteiger partial charge in [-0.05, 0) is 18.2 Å². The smallest absolute Gasteiger partial charge is 0.232 e. The number of hydrogen-bond acceptors (Lipinski definition) is 5. The van der Waals surface area contributed by atoms with Crippen LogP contribution in [0.5, 0.6) is 0 Å². The van der Waals surface area contributed by atoms with Crippen LogP contribution < -0.4 is 4.90 Å². The topological polar surface area (TPSA) is 41.9 Å². The van der Waals surface area contributed by atoms with Gasteiger partial charge in [0.25, 0.3) is 0 Å². The van der Waals surface area contributed by atoms with Gasteiger partial charge in [-0.3, -0.25) is 4.90 Å². The minimum absolute atomic E-state index is 0.393. The summed E-state index contributed by atoms with van der Waals surface area (Å²) in [6.45, 7) is 0.393. The first kappa shape index (κ1) is 11.6. The Morgan fingerprint density at radius 2 is 1.95 bits per heavy atom. The van der Waals surface area contributed by atoms with E-state index in [0.717, 1.165) is 15.3 Å². The first-order valence-corrected chi connectivity index (χ1v) is 6.54. The molecule has 5 heteroatoms. The summed E-state index contributed by atoms with van der Waals surface area (Å²) in [5, 5.41) is 0.811. The Morgan fingerprint density at radius 1 is 1.16 bits per heavy atom. The second kappa shape index (κ2) is 5.04. The van der Waals surface area contributed by atoms with E-state index in [1.807, 2.05) is 29.2 Å². The Kier molecular flexibility index (Phi) is 3.09. The molecule has 0 aliphatic heterocycles. The number of fused-ring (bicyclic) bond motifs is 1. The van der Waals surface area contributed by atoms with Gasteiger partial charge >= 0.3 is 0 Å². The third-order valence-corrected chi connectivity index (χ3v) is 3.62. The highest BCUT2D eigenvalue weighted by Crippen LogP contribution is 2.31. The van der Waals surface area contributed by atoms with Crippen molar-refractivity contribution in [3.63, 3.8) is 0 Å². The largest absolute Gasteiger partial charge is 0.274 e. The molecule has 0 amide bonds. The number of terminal acetylenes is 1. The van der Waals surface area contributed by atoms with Crippen LogP contribution in [-0.2, 0) is 0 Å². The Balaban J connectivity index is 2.07. The van der Waals surface area contributed by atoms with Crippen LogP contribution in [0.1, 0.15) is 0 Å². The van der Waals surface area contributed by atoms with Gasteiger partial charge < -0.3 is 0 Å². The molecule has 2 aromatic heterocycles. The summed E-state index contributed by atoms with van der Waals surface area (Å²) in [6, 6.07) is 9.76. The van der Waals surface area contributed by atoms with Crippen molar-refractivity contribution in [3.05, 3.63) is 42.7 Å². The molecule has 4 nitrogen and oxygen atoms in total. The third kappa shape index (κ3) is 2.26. The lowest BCUT2D eigenvalue weighted by Gasteiger charge is -2.15. The lowest BCUT2D eigenvalue weighted by atomic mass is 10.3. The number of thiazole rings is 1. The van der Waals surface area contributed by atoms with Crippen molar-refractivity contribution in [1.29, 1.82) is 0 Å². The van der Waals surface area contributed by atoms with Crippen LogP contribution in [0.15, 0.2) is 42.7 Å². The van der Waals surface area contributed by atoms with Crippen molar-refractivity contribution < 1.29 is 0 Å². The summed E-state index contributed by atoms with van der Waals surface area (Å²) in [5.41, 5.74) is 0.959. The molecule has 19 heavy (non-hydrogen) atoms. The number of aromatic nitrogens is 3. The molecule has 0 unspecified atom stereocenters. The minimum atomic E-state index is 0.393. The number of para-hydroxylation sites is 1. The standard InChI is InChI=1S/C14H10N4S/c1-2-10-18(13-15-8-5-9-16-13)14-17-11-6-3-4-7-12(11)19-14/h1,3-9H,10H2. The summed E-state index contributed by atoms with van der Waals surface area (Å²) in [5.74, 6) is 3.19. The quantitative estimate of drug-likeness (QED) is 0.684.